The minimum atomic E-state index is -0.256. The molecule has 1 heterocycles. The molecule has 108 valence electrons. The molecule has 5 heteroatoms. The second-order valence-corrected chi connectivity index (χ2v) is 7.03. The van der Waals surface area contributed by atoms with Crippen molar-refractivity contribution in [1.82, 2.24) is 0 Å². The highest BCUT2D eigenvalue weighted by atomic mass is 35.5. The van der Waals surface area contributed by atoms with Gasteiger partial charge in [0, 0.05) is 5.94 Å². The van der Waals surface area contributed by atoms with Gasteiger partial charge in [-0.05, 0) is 43.4 Å². The molecule has 2 bridgehead atoms. The van der Waals surface area contributed by atoms with E-state index in [-0.39, 0.29) is 37.2 Å². The highest BCUT2D eigenvalue weighted by Crippen LogP contribution is 2.65. The van der Waals surface area contributed by atoms with Gasteiger partial charge in [-0.15, -0.1) is 19.0 Å². The molecule has 1 aliphatic heterocycles. The number of hydrogen-bond donors (Lipinski definition) is 1. The Bertz CT molecular complexity index is 378. The van der Waals surface area contributed by atoms with Crippen LogP contribution in [0.1, 0.15) is 40.0 Å². The van der Waals surface area contributed by atoms with E-state index in [9.17, 15) is 0 Å². The molecule has 0 aromatic rings. The Labute approximate surface area is 122 Å². The highest BCUT2D eigenvalue weighted by molar-refractivity contribution is 6.47. The quantitative estimate of drug-likeness (QED) is 0.640. The maximum absolute atomic E-state index is 6.26. The minimum Gasteiger partial charge on any atom is -0.404 e. The molecule has 0 radical (unpaired) electrons. The van der Waals surface area contributed by atoms with Crippen LogP contribution < -0.4 is 5.73 Å². The molecule has 3 aliphatic carbocycles. The van der Waals surface area contributed by atoms with E-state index in [0.717, 1.165) is 18.8 Å². The van der Waals surface area contributed by atoms with E-state index in [4.69, 9.17) is 15.0 Å². The van der Waals surface area contributed by atoms with E-state index >= 15 is 0 Å². The van der Waals surface area contributed by atoms with Crippen LogP contribution >= 0.6 is 12.4 Å². The van der Waals surface area contributed by atoms with Gasteiger partial charge >= 0.3 is 7.12 Å². The van der Waals surface area contributed by atoms with Gasteiger partial charge in [0.05, 0.1) is 11.7 Å². The van der Waals surface area contributed by atoms with Crippen LogP contribution in [0.3, 0.4) is 0 Å². The van der Waals surface area contributed by atoms with Gasteiger partial charge in [0.1, 0.15) is 0 Å². The summed E-state index contributed by atoms with van der Waals surface area (Å²) in [6, 6.07) is 0. The summed E-state index contributed by atoms with van der Waals surface area (Å²) in [5, 5.41) is 0. The predicted molar refractivity (Wildman–Crippen MR) is 80.1 cm³/mol. The van der Waals surface area contributed by atoms with Crippen LogP contribution in [0.4, 0.5) is 0 Å². The predicted octanol–water partition coefficient (Wildman–Crippen LogP) is 2.58. The first-order valence-corrected chi connectivity index (χ1v) is 7.09. The first kappa shape index (κ1) is 15.4. The molecular formula is C14H25BClNO2. The second-order valence-electron chi connectivity index (χ2n) is 7.03. The fourth-order valence-corrected chi connectivity index (χ4v) is 4.39. The zero-order chi connectivity index (χ0) is 13.1. The van der Waals surface area contributed by atoms with E-state index in [1.807, 2.05) is 6.08 Å². The lowest BCUT2D eigenvalue weighted by molar-refractivity contribution is -0.199. The smallest absolute Gasteiger partial charge is 0.404 e. The average molecular weight is 286 g/mol. The van der Waals surface area contributed by atoms with Crippen molar-refractivity contribution in [3.05, 3.63) is 12.7 Å². The van der Waals surface area contributed by atoms with Gasteiger partial charge in [0.25, 0.3) is 0 Å². The topological polar surface area (TPSA) is 44.5 Å². The summed E-state index contributed by atoms with van der Waals surface area (Å²) in [5.74, 6) is 1.30. The number of hydrogen-bond acceptors (Lipinski definition) is 3. The fraction of sp³-hybridized carbons (Fsp3) is 0.857. The van der Waals surface area contributed by atoms with Crippen LogP contribution in [0.5, 0.6) is 0 Å². The Morgan fingerprint density at radius 2 is 2.11 bits per heavy atom. The summed E-state index contributed by atoms with van der Waals surface area (Å²) in [4.78, 5) is 0. The van der Waals surface area contributed by atoms with Crippen molar-refractivity contribution in [2.45, 2.75) is 57.7 Å². The van der Waals surface area contributed by atoms with E-state index in [0.29, 0.717) is 11.3 Å². The molecule has 1 saturated heterocycles. The Morgan fingerprint density at radius 1 is 1.42 bits per heavy atom. The van der Waals surface area contributed by atoms with Crippen LogP contribution in [0, 0.1) is 17.3 Å². The van der Waals surface area contributed by atoms with Crippen LogP contribution in [0.25, 0.3) is 0 Å². The van der Waals surface area contributed by atoms with Crippen molar-refractivity contribution in [2.75, 3.05) is 0 Å². The lowest BCUT2D eigenvalue weighted by Crippen LogP contribution is -2.65. The van der Waals surface area contributed by atoms with Gasteiger partial charge in [0.15, 0.2) is 0 Å². The lowest BCUT2D eigenvalue weighted by Gasteiger charge is -2.64. The Hall–Kier alpha value is -0.0251. The molecule has 5 atom stereocenters. The average Bonchev–Trinajstić information content (AvgIpc) is 2.65. The molecule has 19 heavy (non-hydrogen) atoms. The van der Waals surface area contributed by atoms with Crippen LogP contribution in [-0.2, 0) is 9.31 Å². The molecule has 4 fully saturated rings. The molecule has 3 nitrogen and oxygen atoms in total. The molecule has 0 amide bonds. The van der Waals surface area contributed by atoms with Crippen LogP contribution in [-0.4, -0.2) is 24.8 Å². The zero-order valence-corrected chi connectivity index (χ0v) is 12.9. The van der Waals surface area contributed by atoms with Crippen LogP contribution in [0.2, 0.25) is 0 Å². The molecule has 0 aromatic carbocycles. The van der Waals surface area contributed by atoms with E-state index < -0.39 is 0 Å². The Morgan fingerprint density at radius 3 is 2.68 bits per heavy atom. The van der Waals surface area contributed by atoms with Gasteiger partial charge in [-0.1, -0.05) is 19.9 Å². The molecule has 3 saturated carbocycles. The first-order valence-electron chi connectivity index (χ1n) is 7.09. The van der Waals surface area contributed by atoms with Crippen molar-refractivity contribution in [2.24, 2.45) is 23.0 Å². The number of nitrogens with two attached hydrogens (primary N) is 1. The summed E-state index contributed by atoms with van der Waals surface area (Å²) in [7, 11) is -0.256. The van der Waals surface area contributed by atoms with Crippen LogP contribution in [0.15, 0.2) is 12.7 Å². The molecule has 4 aliphatic rings. The van der Waals surface area contributed by atoms with E-state index in [1.165, 1.54) is 6.42 Å². The summed E-state index contributed by atoms with van der Waals surface area (Å²) in [6.45, 7) is 10.7. The van der Waals surface area contributed by atoms with Gasteiger partial charge in [0.2, 0.25) is 0 Å². The normalized spacial score (nSPS) is 43.8. The Kier molecular flexibility index (Phi) is 3.85. The molecular weight excluding hydrogens is 260 g/mol. The van der Waals surface area contributed by atoms with Crippen molar-refractivity contribution in [3.8, 4) is 0 Å². The summed E-state index contributed by atoms with van der Waals surface area (Å²) in [6.07, 6.45) is 5.22. The third kappa shape index (κ3) is 1.99. The fourth-order valence-electron chi connectivity index (χ4n) is 4.39. The lowest BCUT2D eigenvalue weighted by atomic mass is 9.43. The van der Waals surface area contributed by atoms with Crippen molar-refractivity contribution < 1.29 is 9.31 Å². The zero-order valence-electron chi connectivity index (χ0n) is 12.1. The molecule has 0 spiro atoms. The van der Waals surface area contributed by atoms with Crippen molar-refractivity contribution in [1.29, 1.82) is 0 Å². The van der Waals surface area contributed by atoms with E-state index in [1.54, 1.807) is 0 Å². The first-order chi connectivity index (χ1) is 8.39. The van der Waals surface area contributed by atoms with Crippen molar-refractivity contribution in [3.63, 3.8) is 0 Å². The third-order valence-electron chi connectivity index (χ3n) is 5.76. The maximum Gasteiger partial charge on any atom is 0.475 e. The van der Waals surface area contributed by atoms with Gasteiger partial charge in [-0.3, -0.25) is 0 Å². The maximum atomic E-state index is 6.26. The molecule has 0 aromatic heterocycles. The summed E-state index contributed by atoms with van der Waals surface area (Å²) in [5.41, 5.74) is 6.37. The number of halogens is 1. The second kappa shape index (κ2) is 4.76. The summed E-state index contributed by atoms with van der Waals surface area (Å²) < 4.78 is 12.3. The monoisotopic (exact) mass is 285 g/mol. The molecule has 2 N–H and O–H groups in total. The summed E-state index contributed by atoms with van der Waals surface area (Å²) >= 11 is 0. The number of rotatable bonds is 3. The van der Waals surface area contributed by atoms with Gasteiger partial charge in [-0.25, -0.2) is 0 Å². The van der Waals surface area contributed by atoms with Gasteiger partial charge < -0.3 is 15.0 Å². The standard InChI is InChI=1S/C14H24BNO2.ClH/c1-5-6-12(16)15-17-11-8-9-7-10(13(9,2)3)14(11,4)18-15;/h5,9-12H,1,6-8,16H2,2-4H3;1H. The third-order valence-corrected chi connectivity index (χ3v) is 5.76. The van der Waals surface area contributed by atoms with Gasteiger partial charge in [-0.2, -0.15) is 0 Å². The Balaban J connectivity index is 0.00000133. The SMILES string of the molecule is C=CCC(N)B1OC2CC3CC(C3(C)C)C2(C)O1.Cl. The van der Waals surface area contributed by atoms with Crippen molar-refractivity contribution >= 4 is 19.5 Å². The van der Waals surface area contributed by atoms with E-state index in [2.05, 4.69) is 27.4 Å². The molecule has 4 rings (SSSR count). The largest absolute Gasteiger partial charge is 0.475 e. The highest BCUT2D eigenvalue weighted by Gasteiger charge is 2.68. The minimum absolute atomic E-state index is 0. The molecule has 5 unspecified atom stereocenters.